The van der Waals surface area contributed by atoms with Gasteiger partial charge in [-0.1, -0.05) is 40.9 Å². The average molecular weight is 385 g/mol. The Morgan fingerprint density at radius 3 is 2.08 bits per heavy atom. The van der Waals surface area contributed by atoms with Crippen molar-refractivity contribution in [2.75, 3.05) is 31.1 Å². The summed E-state index contributed by atoms with van der Waals surface area (Å²) in [6.07, 6.45) is 0. The molecule has 0 bridgehead atoms. The number of piperazine rings is 1. The molecule has 0 spiro atoms. The van der Waals surface area contributed by atoms with Gasteiger partial charge in [-0.25, -0.2) is 8.42 Å². The molecule has 128 valence electrons. The number of sulfonamides is 1. The smallest absolute Gasteiger partial charge is 0.243 e. The van der Waals surface area contributed by atoms with Gasteiger partial charge in [-0.2, -0.15) is 4.31 Å². The van der Waals surface area contributed by atoms with Crippen LogP contribution in [0.4, 0.5) is 5.69 Å². The lowest BCUT2D eigenvalue weighted by Gasteiger charge is -2.35. The Morgan fingerprint density at radius 1 is 0.875 bits per heavy atom. The monoisotopic (exact) mass is 384 g/mol. The van der Waals surface area contributed by atoms with Crippen molar-refractivity contribution in [2.24, 2.45) is 0 Å². The van der Waals surface area contributed by atoms with E-state index in [1.54, 1.807) is 18.2 Å². The second-order valence-corrected chi connectivity index (χ2v) is 8.55. The Hall–Kier alpha value is -1.27. The largest absolute Gasteiger partial charge is 0.369 e. The maximum absolute atomic E-state index is 12.7. The highest BCUT2D eigenvalue weighted by atomic mass is 35.5. The van der Waals surface area contributed by atoms with E-state index in [9.17, 15) is 8.42 Å². The number of hydrogen-bond acceptors (Lipinski definition) is 3. The second-order valence-electron chi connectivity index (χ2n) is 5.80. The van der Waals surface area contributed by atoms with Crippen LogP contribution in [0.3, 0.4) is 0 Å². The van der Waals surface area contributed by atoms with Gasteiger partial charge in [-0.3, -0.25) is 0 Å². The molecule has 0 amide bonds. The van der Waals surface area contributed by atoms with Crippen molar-refractivity contribution in [1.82, 2.24) is 4.31 Å². The molecule has 1 aliphatic heterocycles. The highest BCUT2D eigenvalue weighted by Crippen LogP contribution is 2.28. The van der Waals surface area contributed by atoms with Crippen LogP contribution in [-0.4, -0.2) is 38.9 Å². The van der Waals surface area contributed by atoms with E-state index in [0.29, 0.717) is 41.1 Å². The molecule has 0 atom stereocenters. The van der Waals surface area contributed by atoms with E-state index in [4.69, 9.17) is 23.2 Å². The molecular formula is C17H18Cl2N2O2S. The molecule has 2 aromatic carbocycles. The fourth-order valence-corrected chi connectivity index (χ4v) is 4.44. The van der Waals surface area contributed by atoms with Crippen molar-refractivity contribution in [2.45, 2.75) is 11.8 Å². The quantitative estimate of drug-likeness (QED) is 0.807. The Labute approximate surface area is 152 Å². The van der Waals surface area contributed by atoms with Gasteiger partial charge in [0.2, 0.25) is 10.0 Å². The molecule has 1 saturated heterocycles. The number of aryl methyl sites for hydroxylation is 1. The van der Waals surface area contributed by atoms with Gasteiger partial charge in [0.05, 0.1) is 14.9 Å². The van der Waals surface area contributed by atoms with Crippen LogP contribution in [0.2, 0.25) is 10.0 Å². The van der Waals surface area contributed by atoms with Gasteiger partial charge >= 0.3 is 0 Å². The zero-order chi connectivity index (χ0) is 17.3. The predicted molar refractivity (Wildman–Crippen MR) is 98.6 cm³/mol. The van der Waals surface area contributed by atoms with E-state index in [1.165, 1.54) is 4.31 Å². The van der Waals surface area contributed by atoms with Crippen LogP contribution < -0.4 is 4.90 Å². The van der Waals surface area contributed by atoms with Crippen LogP contribution in [0.5, 0.6) is 0 Å². The zero-order valence-electron chi connectivity index (χ0n) is 13.2. The van der Waals surface area contributed by atoms with Crippen LogP contribution in [0.15, 0.2) is 47.4 Å². The first kappa shape index (κ1) is 17.5. The minimum absolute atomic E-state index is 0.344. The van der Waals surface area contributed by atoms with E-state index < -0.39 is 10.0 Å². The van der Waals surface area contributed by atoms with Gasteiger partial charge < -0.3 is 4.90 Å². The van der Waals surface area contributed by atoms with Crippen LogP contribution in [0.1, 0.15) is 5.56 Å². The maximum Gasteiger partial charge on any atom is 0.243 e. The molecular weight excluding hydrogens is 367 g/mol. The lowest BCUT2D eigenvalue weighted by Crippen LogP contribution is -2.48. The predicted octanol–water partition coefficient (Wildman–Crippen LogP) is 3.81. The number of rotatable bonds is 3. The minimum atomic E-state index is -3.44. The van der Waals surface area contributed by atoms with E-state index in [0.717, 1.165) is 11.3 Å². The summed E-state index contributed by atoms with van der Waals surface area (Å²) in [7, 11) is -3.44. The van der Waals surface area contributed by atoms with Gasteiger partial charge in [0.25, 0.3) is 0 Å². The molecule has 1 fully saturated rings. The van der Waals surface area contributed by atoms with Crippen LogP contribution in [-0.2, 0) is 10.0 Å². The Bertz CT molecular complexity index is 830. The summed E-state index contributed by atoms with van der Waals surface area (Å²) < 4.78 is 27.0. The molecule has 0 aromatic heterocycles. The van der Waals surface area contributed by atoms with Crippen molar-refractivity contribution >= 4 is 38.9 Å². The molecule has 0 saturated carbocycles. The average Bonchev–Trinajstić information content (AvgIpc) is 2.58. The Morgan fingerprint density at radius 2 is 1.50 bits per heavy atom. The van der Waals surface area contributed by atoms with Crippen molar-refractivity contribution in [1.29, 1.82) is 0 Å². The van der Waals surface area contributed by atoms with Gasteiger partial charge in [-0.15, -0.1) is 0 Å². The summed E-state index contributed by atoms with van der Waals surface area (Å²) in [6, 6.07) is 12.4. The van der Waals surface area contributed by atoms with Gasteiger partial charge in [0.15, 0.2) is 0 Å². The molecule has 7 heteroatoms. The first-order chi connectivity index (χ1) is 11.4. The van der Waals surface area contributed by atoms with Crippen molar-refractivity contribution in [3.05, 3.63) is 58.1 Å². The summed E-state index contributed by atoms with van der Waals surface area (Å²) in [4.78, 5) is 2.46. The van der Waals surface area contributed by atoms with Gasteiger partial charge in [-0.05, 0) is 37.3 Å². The number of hydrogen-bond donors (Lipinski definition) is 0. The summed E-state index contributed by atoms with van der Waals surface area (Å²) in [6.45, 7) is 4.05. The fraction of sp³-hybridized carbons (Fsp3) is 0.294. The van der Waals surface area contributed by atoms with Crippen molar-refractivity contribution in [3.8, 4) is 0 Å². The van der Waals surface area contributed by atoms with E-state index in [-0.39, 0.29) is 0 Å². The Kier molecular flexibility index (Phi) is 5.06. The lowest BCUT2D eigenvalue weighted by atomic mass is 10.2. The molecule has 0 N–H and O–H groups in total. The molecule has 4 nitrogen and oxygen atoms in total. The minimum Gasteiger partial charge on any atom is -0.369 e. The van der Waals surface area contributed by atoms with Gasteiger partial charge in [0, 0.05) is 31.9 Å². The molecule has 0 radical (unpaired) electrons. The third-order valence-electron chi connectivity index (χ3n) is 4.17. The van der Waals surface area contributed by atoms with Crippen LogP contribution in [0.25, 0.3) is 0 Å². The van der Waals surface area contributed by atoms with Crippen molar-refractivity contribution < 1.29 is 8.42 Å². The van der Waals surface area contributed by atoms with Crippen molar-refractivity contribution in [3.63, 3.8) is 0 Å². The summed E-state index contributed by atoms with van der Waals surface area (Å²) in [5.41, 5.74) is 2.00. The first-order valence-corrected chi connectivity index (χ1v) is 9.84. The number of anilines is 1. The van der Waals surface area contributed by atoms with Crippen LogP contribution >= 0.6 is 23.2 Å². The standard InChI is InChI=1S/C17H18Cl2N2O2S/c1-13-2-5-15(6-3-13)24(22,23)21-10-8-20(9-11-21)14-4-7-16(18)17(19)12-14/h2-7,12H,8-11H2,1H3. The van der Waals surface area contributed by atoms with E-state index in [2.05, 4.69) is 4.90 Å². The fourth-order valence-electron chi connectivity index (χ4n) is 2.73. The van der Waals surface area contributed by atoms with Gasteiger partial charge in [0.1, 0.15) is 0 Å². The molecule has 24 heavy (non-hydrogen) atoms. The third kappa shape index (κ3) is 3.54. The second kappa shape index (κ2) is 6.92. The highest BCUT2D eigenvalue weighted by Gasteiger charge is 2.28. The summed E-state index contributed by atoms with van der Waals surface area (Å²) in [5.74, 6) is 0. The molecule has 2 aromatic rings. The number of nitrogens with zero attached hydrogens (tertiary/aromatic N) is 2. The van der Waals surface area contributed by atoms with E-state index in [1.807, 2.05) is 31.2 Å². The summed E-state index contributed by atoms with van der Waals surface area (Å²) in [5, 5.41) is 1.02. The maximum atomic E-state index is 12.7. The summed E-state index contributed by atoms with van der Waals surface area (Å²) >= 11 is 12.0. The SMILES string of the molecule is Cc1ccc(S(=O)(=O)N2CCN(c3ccc(Cl)c(Cl)c3)CC2)cc1. The zero-order valence-corrected chi connectivity index (χ0v) is 15.6. The Balaban J connectivity index is 1.72. The normalized spacial score (nSPS) is 16.4. The molecule has 1 heterocycles. The van der Waals surface area contributed by atoms with Crippen LogP contribution in [0, 0.1) is 6.92 Å². The molecule has 0 aliphatic carbocycles. The number of halogens is 2. The third-order valence-corrected chi connectivity index (χ3v) is 6.82. The lowest BCUT2D eigenvalue weighted by molar-refractivity contribution is 0.385. The molecule has 0 unspecified atom stereocenters. The molecule has 3 rings (SSSR count). The first-order valence-electron chi connectivity index (χ1n) is 7.65. The van der Waals surface area contributed by atoms with E-state index >= 15 is 0 Å². The highest BCUT2D eigenvalue weighted by molar-refractivity contribution is 7.89. The molecule has 1 aliphatic rings. The topological polar surface area (TPSA) is 40.6 Å². The number of benzene rings is 2.